The summed E-state index contributed by atoms with van der Waals surface area (Å²) >= 11 is 0. The lowest BCUT2D eigenvalue weighted by Gasteiger charge is -2.07. The van der Waals surface area contributed by atoms with Crippen LogP contribution >= 0.6 is 21.6 Å². The molecule has 0 aromatic rings. The molecule has 17 heavy (non-hydrogen) atoms. The number of Topliss-reactive ketones (excluding diaryl/α,β-unsaturated/α-hetero) is 1. The van der Waals surface area contributed by atoms with Crippen molar-refractivity contribution in [1.82, 2.24) is 5.32 Å². The van der Waals surface area contributed by atoms with Crippen LogP contribution in [0.1, 0.15) is 40.0 Å². The van der Waals surface area contributed by atoms with Crippen molar-refractivity contribution in [3.63, 3.8) is 0 Å². The summed E-state index contributed by atoms with van der Waals surface area (Å²) in [5, 5.41) is 3.37. The van der Waals surface area contributed by atoms with E-state index in [9.17, 15) is 4.79 Å². The second kappa shape index (κ2) is 12.7. The van der Waals surface area contributed by atoms with Crippen LogP contribution in [0.2, 0.25) is 0 Å². The fraction of sp³-hybridized carbons (Fsp3) is 0.917. The Labute approximate surface area is 113 Å². The Morgan fingerprint density at radius 2 is 2.06 bits per heavy atom. The lowest BCUT2D eigenvalue weighted by Crippen LogP contribution is -2.24. The maximum Gasteiger partial charge on any atom is 0.129 e. The van der Waals surface area contributed by atoms with E-state index in [0.29, 0.717) is 12.5 Å². The maximum atomic E-state index is 10.7. The van der Waals surface area contributed by atoms with Gasteiger partial charge < -0.3 is 14.8 Å². The molecule has 0 amide bonds. The molecule has 0 aliphatic heterocycles. The van der Waals surface area contributed by atoms with Crippen molar-refractivity contribution in [2.45, 2.75) is 46.1 Å². The van der Waals surface area contributed by atoms with Gasteiger partial charge in [-0.25, -0.2) is 0 Å². The zero-order valence-electron chi connectivity index (χ0n) is 11.2. The molecular formula is C12H25NO2S2. The predicted molar refractivity (Wildman–Crippen MR) is 78.5 cm³/mol. The van der Waals surface area contributed by atoms with Crippen LogP contribution in [0.5, 0.6) is 0 Å². The van der Waals surface area contributed by atoms with Gasteiger partial charge in [0.2, 0.25) is 0 Å². The van der Waals surface area contributed by atoms with Crippen LogP contribution in [0.3, 0.4) is 0 Å². The summed E-state index contributed by atoms with van der Waals surface area (Å²) in [7, 11) is 3.60. The number of rotatable bonds is 12. The molecule has 0 aromatic heterocycles. The normalized spacial score (nSPS) is 11.1. The number of carbonyl (C=O) groups is 1. The minimum atomic E-state index is 0.271. The average Bonchev–Trinajstić information content (AvgIpc) is 2.25. The molecule has 0 spiro atoms. The van der Waals surface area contributed by atoms with E-state index in [0.717, 1.165) is 37.7 Å². The number of hydrogen-bond acceptors (Lipinski definition) is 5. The average molecular weight is 279 g/mol. The number of unbranched alkanes of at least 4 members (excludes halogenated alkanes) is 1. The van der Waals surface area contributed by atoms with Gasteiger partial charge in [0.05, 0.1) is 0 Å². The SMILES string of the molecule is CC(=O)CCCCOCSSCCNC(C)C. The van der Waals surface area contributed by atoms with Gasteiger partial charge >= 0.3 is 0 Å². The van der Waals surface area contributed by atoms with Crippen molar-refractivity contribution < 1.29 is 9.53 Å². The molecule has 0 aromatic carbocycles. The maximum absolute atomic E-state index is 10.7. The molecule has 0 saturated carbocycles. The third-order valence-electron chi connectivity index (χ3n) is 2.02. The summed E-state index contributed by atoms with van der Waals surface area (Å²) in [6.07, 6.45) is 2.62. The quantitative estimate of drug-likeness (QED) is 0.337. The van der Waals surface area contributed by atoms with Gasteiger partial charge in [0.1, 0.15) is 11.7 Å². The van der Waals surface area contributed by atoms with Crippen LogP contribution in [0, 0.1) is 0 Å². The summed E-state index contributed by atoms with van der Waals surface area (Å²) in [6, 6.07) is 0.568. The van der Waals surface area contributed by atoms with E-state index >= 15 is 0 Å². The second-order valence-corrected chi connectivity index (χ2v) is 6.76. The standard InChI is InChI=1S/C12H25NO2S2/c1-11(2)13-7-9-16-17-10-15-8-5-4-6-12(3)14/h11,13H,4-10H2,1-3H3. The fourth-order valence-corrected chi connectivity index (χ4v) is 2.74. The highest BCUT2D eigenvalue weighted by atomic mass is 33.1. The van der Waals surface area contributed by atoms with Crippen LogP contribution in [0.15, 0.2) is 0 Å². The fourth-order valence-electron chi connectivity index (χ4n) is 1.15. The highest BCUT2D eigenvalue weighted by Gasteiger charge is 1.95. The van der Waals surface area contributed by atoms with E-state index in [1.165, 1.54) is 0 Å². The molecule has 0 saturated heterocycles. The minimum Gasteiger partial charge on any atom is -0.370 e. The van der Waals surface area contributed by atoms with E-state index in [1.54, 1.807) is 17.7 Å². The molecule has 0 radical (unpaired) electrons. The van der Waals surface area contributed by atoms with Gasteiger partial charge in [-0.05, 0) is 19.8 Å². The molecule has 102 valence electrons. The van der Waals surface area contributed by atoms with Gasteiger partial charge in [-0.2, -0.15) is 0 Å². The Hall–Kier alpha value is 0.290. The lowest BCUT2D eigenvalue weighted by molar-refractivity contribution is -0.117. The first kappa shape index (κ1) is 17.3. The van der Waals surface area contributed by atoms with Gasteiger partial charge in [0, 0.05) is 31.4 Å². The van der Waals surface area contributed by atoms with Crippen LogP contribution in [-0.2, 0) is 9.53 Å². The molecule has 5 heteroatoms. The molecule has 0 aliphatic rings. The van der Waals surface area contributed by atoms with E-state index < -0.39 is 0 Å². The molecule has 0 heterocycles. The third kappa shape index (κ3) is 16.3. The predicted octanol–water partition coefficient (Wildman–Crippen LogP) is 3.10. The lowest BCUT2D eigenvalue weighted by atomic mass is 10.2. The van der Waals surface area contributed by atoms with Crippen LogP contribution in [0.4, 0.5) is 0 Å². The first-order valence-electron chi connectivity index (χ1n) is 6.18. The van der Waals surface area contributed by atoms with E-state index in [4.69, 9.17) is 4.74 Å². The number of ketones is 1. The van der Waals surface area contributed by atoms with Gasteiger partial charge in [-0.1, -0.05) is 35.4 Å². The van der Waals surface area contributed by atoms with Crippen molar-refractivity contribution in [3.05, 3.63) is 0 Å². The van der Waals surface area contributed by atoms with Crippen LogP contribution in [-0.4, -0.2) is 36.7 Å². The van der Waals surface area contributed by atoms with E-state index in [1.807, 2.05) is 10.8 Å². The molecule has 0 aliphatic carbocycles. The molecular weight excluding hydrogens is 254 g/mol. The molecule has 0 fully saturated rings. The molecule has 0 atom stereocenters. The summed E-state index contributed by atoms with van der Waals surface area (Å²) in [6.45, 7) is 7.77. The third-order valence-corrected chi connectivity index (χ3v) is 4.11. The molecule has 0 unspecified atom stereocenters. The molecule has 1 N–H and O–H groups in total. The number of carbonyl (C=O) groups excluding carboxylic acids is 1. The molecule has 0 rings (SSSR count). The summed E-state index contributed by atoms with van der Waals surface area (Å²) in [5.74, 6) is 2.12. The van der Waals surface area contributed by atoms with Crippen molar-refractivity contribution >= 4 is 27.4 Å². The Balaban J connectivity index is 2.96. The first-order valence-corrected chi connectivity index (χ1v) is 8.66. The Morgan fingerprint density at radius 1 is 1.29 bits per heavy atom. The Morgan fingerprint density at radius 3 is 2.71 bits per heavy atom. The monoisotopic (exact) mass is 279 g/mol. The van der Waals surface area contributed by atoms with Crippen molar-refractivity contribution in [3.8, 4) is 0 Å². The zero-order valence-corrected chi connectivity index (χ0v) is 12.8. The summed E-state index contributed by atoms with van der Waals surface area (Å²) in [4.78, 5) is 10.7. The van der Waals surface area contributed by atoms with Gasteiger partial charge in [-0.15, -0.1) is 0 Å². The van der Waals surface area contributed by atoms with Crippen molar-refractivity contribution in [1.29, 1.82) is 0 Å². The molecule has 3 nitrogen and oxygen atoms in total. The first-order chi connectivity index (χ1) is 8.13. The minimum absolute atomic E-state index is 0.271. The number of nitrogens with one attached hydrogen (secondary N) is 1. The highest BCUT2D eigenvalue weighted by molar-refractivity contribution is 8.76. The Bertz CT molecular complexity index is 189. The van der Waals surface area contributed by atoms with E-state index in [2.05, 4.69) is 19.2 Å². The number of ether oxygens (including phenoxy) is 1. The summed E-state index contributed by atoms with van der Waals surface area (Å²) in [5.41, 5.74) is 0. The molecule has 0 bridgehead atoms. The van der Waals surface area contributed by atoms with Crippen LogP contribution < -0.4 is 5.32 Å². The Kier molecular flexibility index (Phi) is 13.0. The van der Waals surface area contributed by atoms with Gasteiger partial charge in [-0.3, -0.25) is 0 Å². The van der Waals surface area contributed by atoms with Gasteiger partial charge in [0.25, 0.3) is 0 Å². The van der Waals surface area contributed by atoms with Gasteiger partial charge in [0.15, 0.2) is 0 Å². The highest BCUT2D eigenvalue weighted by Crippen LogP contribution is 2.20. The van der Waals surface area contributed by atoms with Crippen LogP contribution in [0.25, 0.3) is 0 Å². The summed E-state index contributed by atoms with van der Waals surface area (Å²) < 4.78 is 5.45. The largest absolute Gasteiger partial charge is 0.370 e. The van der Waals surface area contributed by atoms with Crippen molar-refractivity contribution in [2.75, 3.05) is 24.8 Å². The second-order valence-electron chi connectivity index (χ2n) is 4.23. The zero-order chi connectivity index (χ0) is 12.9. The topological polar surface area (TPSA) is 38.3 Å². The smallest absolute Gasteiger partial charge is 0.129 e. The number of hydrogen-bond donors (Lipinski definition) is 1. The van der Waals surface area contributed by atoms with E-state index in [-0.39, 0.29) is 5.78 Å². The van der Waals surface area contributed by atoms with Crippen molar-refractivity contribution in [2.24, 2.45) is 0 Å².